The van der Waals surface area contributed by atoms with Gasteiger partial charge in [-0.15, -0.1) is 0 Å². The number of carbonyl (C=O) groups excluding carboxylic acids is 2. The number of esters is 2. The normalized spacial score (nSPS) is 11.1. The summed E-state index contributed by atoms with van der Waals surface area (Å²) in [6.07, 6.45) is 9.79. The first kappa shape index (κ1) is 20.7. The predicted octanol–water partition coefficient (Wildman–Crippen LogP) is 4.23. The van der Waals surface area contributed by atoms with Crippen LogP contribution < -0.4 is 5.32 Å². The molecule has 0 fully saturated rings. The molecule has 0 aliphatic rings. The third-order valence-electron chi connectivity index (χ3n) is 3.92. The molecule has 1 aromatic carbocycles. The first-order chi connectivity index (χ1) is 12.1. The molecule has 0 radical (unpaired) electrons. The quantitative estimate of drug-likeness (QED) is 0.369. The Hall–Kier alpha value is -2.30. The van der Waals surface area contributed by atoms with E-state index < -0.39 is 11.9 Å². The Labute approximate surface area is 150 Å². The number of methoxy groups -OCH3 is 2. The molecule has 0 bridgehead atoms. The maximum Gasteiger partial charge on any atom is 0.354 e. The lowest BCUT2D eigenvalue weighted by Gasteiger charge is -2.10. The summed E-state index contributed by atoms with van der Waals surface area (Å²) < 4.78 is 9.22. The fraction of sp³-hybridized carbons (Fsp3) is 0.500. The number of hydrogen-bond acceptors (Lipinski definition) is 5. The molecule has 0 unspecified atom stereocenters. The number of hydrogen-bond donors (Lipinski definition) is 1. The summed E-state index contributed by atoms with van der Waals surface area (Å²) in [5, 5.41) is 2.90. The highest BCUT2D eigenvalue weighted by molar-refractivity contribution is 5.98. The van der Waals surface area contributed by atoms with E-state index in [4.69, 9.17) is 0 Å². The molecule has 0 spiro atoms. The minimum atomic E-state index is -0.624. The lowest BCUT2D eigenvalue weighted by molar-refractivity contribution is -0.138. The van der Waals surface area contributed by atoms with E-state index in [1.165, 1.54) is 58.3 Å². The zero-order valence-corrected chi connectivity index (χ0v) is 15.5. The standard InChI is InChI=1S/C20H29NO4/c1-4-5-6-7-8-9-10-16-11-13-17(14-12-16)21-18(20(23)25-3)15-19(22)24-2/h11-15,21H,4-10H2,1-3H3/b18-15+. The first-order valence-corrected chi connectivity index (χ1v) is 8.84. The van der Waals surface area contributed by atoms with Gasteiger partial charge in [-0.25, -0.2) is 9.59 Å². The molecule has 0 saturated carbocycles. The summed E-state index contributed by atoms with van der Waals surface area (Å²) in [5.41, 5.74) is 2.02. The summed E-state index contributed by atoms with van der Waals surface area (Å²) in [4.78, 5) is 23.1. The van der Waals surface area contributed by atoms with Crippen molar-refractivity contribution >= 4 is 17.6 Å². The molecule has 138 valence electrons. The van der Waals surface area contributed by atoms with Crippen LogP contribution in [0.15, 0.2) is 36.0 Å². The van der Waals surface area contributed by atoms with Crippen molar-refractivity contribution < 1.29 is 19.1 Å². The minimum Gasteiger partial charge on any atom is -0.466 e. The van der Waals surface area contributed by atoms with Gasteiger partial charge >= 0.3 is 11.9 Å². The van der Waals surface area contributed by atoms with Gasteiger partial charge in [0.25, 0.3) is 0 Å². The molecule has 25 heavy (non-hydrogen) atoms. The van der Waals surface area contributed by atoms with Crippen LogP contribution in [0.25, 0.3) is 0 Å². The zero-order chi connectivity index (χ0) is 18.5. The van der Waals surface area contributed by atoms with Crippen molar-refractivity contribution in [1.82, 2.24) is 0 Å². The Morgan fingerprint density at radius 2 is 1.60 bits per heavy atom. The van der Waals surface area contributed by atoms with Gasteiger partial charge in [0.15, 0.2) is 0 Å². The van der Waals surface area contributed by atoms with Crippen LogP contribution in [-0.2, 0) is 25.5 Å². The predicted molar refractivity (Wildman–Crippen MR) is 99.3 cm³/mol. The van der Waals surface area contributed by atoms with Gasteiger partial charge in [0.1, 0.15) is 5.70 Å². The van der Waals surface area contributed by atoms with Crippen LogP contribution in [0.4, 0.5) is 5.69 Å². The topological polar surface area (TPSA) is 64.6 Å². The van der Waals surface area contributed by atoms with Crippen LogP contribution in [0.2, 0.25) is 0 Å². The summed E-state index contributed by atoms with van der Waals surface area (Å²) in [6, 6.07) is 7.84. The number of nitrogens with one attached hydrogen (secondary N) is 1. The lowest BCUT2D eigenvalue weighted by Crippen LogP contribution is -2.15. The van der Waals surface area contributed by atoms with Crippen LogP contribution in [0.3, 0.4) is 0 Å². The summed E-state index contributed by atoms with van der Waals surface area (Å²) in [5.74, 6) is -1.24. The molecule has 1 rings (SSSR count). The molecular weight excluding hydrogens is 318 g/mol. The molecule has 0 aliphatic heterocycles. The molecule has 0 aromatic heterocycles. The van der Waals surface area contributed by atoms with E-state index in [-0.39, 0.29) is 5.70 Å². The van der Waals surface area contributed by atoms with Gasteiger partial charge in [-0.1, -0.05) is 51.2 Å². The van der Waals surface area contributed by atoms with Gasteiger partial charge in [-0.2, -0.15) is 0 Å². The minimum absolute atomic E-state index is 0.0398. The summed E-state index contributed by atoms with van der Waals surface area (Å²) in [6.45, 7) is 2.22. The molecule has 0 saturated heterocycles. The largest absolute Gasteiger partial charge is 0.466 e. The molecular formula is C20H29NO4. The lowest BCUT2D eigenvalue weighted by atomic mass is 10.0. The highest BCUT2D eigenvalue weighted by Gasteiger charge is 2.12. The molecule has 5 heteroatoms. The molecule has 0 aliphatic carbocycles. The second-order valence-corrected chi connectivity index (χ2v) is 5.91. The number of aryl methyl sites for hydroxylation is 1. The number of unbranched alkanes of at least 4 members (excludes halogenated alkanes) is 5. The average molecular weight is 347 g/mol. The van der Waals surface area contributed by atoms with Gasteiger partial charge in [-0.05, 0) is 30.5 Å². The number of rotatable bonds is 11. The molecule has 0 heterocycles. The molecule has 1 aromatic rings. The maximum atomic E-state index is 11.7. The second kappa shape index (κ2) is 12.1. The average Bonchev–Trinajstić information content (AvgIpc) is 2.64. The Morgan fingerprint density at radius 1 is 0.960 bits per heavy atom. The smallest absolute Gasteiger partial charge is 0.354 e. The van der Waals surface area contributed by atoms with E-state index in [1.54, 1.807) is 0 Å². The first-order valence-electron chi connectivity index (χ1n) is 8.84. The number of carbonyl (C=O) groups is 2. The van der Waals surface area contributed by atoms with Crippen molar-refractivity contribution in [2.45, 2.75) is 51.9 Å². The van der Waals surface area contributed by atoms with Crippen LogP contribution in [0.5, 0.6) is 0 Å². The van der Waals surface area contributed by atoms with Crippen LogP contribution >= 0.6 is 0 Å². The SMILES string of the molecule is CCCCCCCCc1ccc(N/C(=C/C(=O)OC)C(=O)OC)cc1. The Balaban J connectivity index is 2.55. The van der Waals surface area contributed by atoms with Crippen LogP contribution in [-0.4, -0.2) is 26.2 Å². The van der Waals surface area contributed by atoms with Crippen LogP contribution in [0.1, 0.15) is 51.0 Å². The number of ether oxygens (including phenoxy) is 2. The van der Waals surface area contributed by atoms with E-state index in [2.05, 4.69) is 21.7 Å². The van der Waals surface area contributed by atoms with Crippen molar-refractivity contribution in [3.8, 4) is 0 Å². The van der Waals surface area contributed by atoms with Gasteiger partial charge in [0.2, 0.25) is 0 Å². The van der Waals surface area contributed by atoms with E-state index in [9.17, 15) is 9.59 Å². The number of benzene rings is 1. The van der Waals surface area contributed by atoms with Gasteiger partial charge in [-0.3, -0.25) is 0 Å². The van der Waals surface area contributed by atoms with Gasteiger partial charge < -0.3 is 14.8 Å². The van der Waals surface area contributed by atoms with E-state index in [0.717, 1.165) is 12.5 Å². The van der Waals surface area contributed by atoms with Gasteiger partial charge in [0, 0.05) is 5.69 Å². The van der Waals surface area contributed by atoms with Crippen LogP contribution in [0, 0.1) is 0 Å². The van der Waals surface area contributed by atoms with Gasteiger partial charge in [0.05, 0.1) is 20.3 Å². The fourth-order valence-corrected chi connectivity index (χ4v) is 2.45. The van der Waals surface area contributed by atoms with Crippen molar-refractivity contribution in [1.29, 1.82) is 0 Å². The van der Waals surface area contributed by atoms with E-state index in [1.807, 2.05) is 24.3 Å². The summed E-state index contributed by atoms with van der Waals surface area (Å²) in [7, 11) is 2.52. The molecule has 0 atom stereocenters. The summed E-state index contributed by atoms with van der Waals surface area (Å²) >= 11 is 0. The second-order valence-electron chi connectivity index (χ2n) is 5.91. The third-order valence-corrected chi connectivity index (χ3v) is 3.92. The Kier molecular flexibility index (Phi) is 10.1. The highest BCUT2D eigenvalue weighted by Crippen LogP contribution is 2.15. The monoisotopic (exact) mass is 347 g/mol. The Bertz CT molecular complexity index is 564. The highest BCUT2D eigenvalue weighted by atomic mass is 16.5. The third kappa shape index (κ3) is 8.38. The Morgan fingerprint density at radius 3 is 2.20 bits per heavy atom. The fourth-order valence-electron chi connectivity index (χ4n) is 2.45. The zero-order valence-electron chi connectivity index (χ0n) is 15.5. The number of anilines is 1. The van der Waals surface area contributed by atoms with E-state index in [0.29, 0.717) is 5.69 Å². The maximum absolute atomic E-state index is 11.7. The van der Waals surface area contributed by atoms with E-state index >= 15 is 0 Å². The molecule has 0 amide bonds. The van der Waals surface area contributed by atoms with Crippen molar-refractivity contribution in [2.75, 3.05) is 19.5 Å². The van der Waals surface area contributed by atoms with Crippen molar-refractivity contribution in [3.63, 3.8) is 0 Å². The molecule has 5 nitrogen and oxygen atoms in total. The molecule has 1 N–H and O–H groups in total. The van der Waals surface area contributed by atoms with Crippen molar-refractivity contribution in [3.05, 3.63) is 41.6 Å². The van der Waals surface area contributed by atoms with Crippen molar-refractivity contribution in [2.24, 2.45) is 0 Å².